The fourth-order valence-corrected chi connectivity index (χ4v) is 2.02. The number of rotatable bonds is 6. The molecule has 3 N–H and O–H groups in total. The minimum absolute atomic E-state index is 0.0851. The molecule has 0 unspecified atom stereocenters. The van der Waals surface area contributed by atoms with Crippen LogP contribution >= 0.6 is 0 Å². The first-order chi connectivity index (χ1) is 7.83. The number of hydrogen-bond donors (Lipinski definition) is 2. The number of likely N-dealkylation sites (tertiary alicyclic amines) is 1. The molecular weight excluding hydrogens is 214 g/mol. The Hall–Kier alpha value is -0.610. The second kappa shape index (κ2) is 5.83. The maximum absolute atomic E-state index is 11.6. The van der Waals surface area contributed by atoms with Crippen molar-refractivity contribution in [3.05, 3.63) is 0 Å². The third kappa shape index (κ3) is 4.28. The summed E-state index contributed by atoms with van der Waals surface area (Å²) in [6.07, 6.45) is 1.04. The Morgan fingerprint density at radius 1 is 1.35 bits per heavy atom. The van der Waals surface area contributed by atoms with Crippen LogP contribution in [0.5, 0.6) is 0 Å². The average molecular weight is 241 g/mol. The van der Waals surface area contributed by atoms with Gasteiger partial charge in [-0.25, -0.2) is 0 Å². The summed E-state index contributed by atoms with van der Waals surface area (Å²) >= 11 is 0. The molecule has 0 spiro atoms. The summed E-state index contributed by atoms with van der Waals surface area (Å²) in [7, 11) is 0. The molecule has 100 valence electrons. The van der Waals surface area contributed by atoms with Crippen molar-refractivity contribution in [2.75, 3.05) is 26.2 Å². The summed E-state index contributed by atoms with van der Waals surface area (Å²) in [5.74, 6) is 1.23. The standard InChI is InChI=1S/C13H27N3O/c1-10(2)5-6-15-12(17)7-16-8-13(14,9-16)11(3)4/h10-11H,5-9,14H2,1-4H3,(H,15,17). The van der Waals surface area contributed by atoms with E-state index in [4.69, 9.17) is 5.73 Å². The maximum Gasteiger partial charge on any atom is 0.234 e. The second-order valence-corrected chi connectivity index (χ2v) is 6.07. The van der Waals surface area contributed by atoms with Crippen LogP contribution < -0.4 is 11.1 Å². The van der Waals surface area contributed by atoms with Crippen LogP contribution in [0.2, 0.25) is 0 Å². The van der Waals surface area contributed by atoms with Crippen LogP contribution in [0.4, 0.5) is 0 Å². The first-order valence-electron chi connectivity index (χ1n) is 6.61. The first-order valence-corrected chi connectivity index (χ1v) is 6.61. The summed E-state index contributed by atoms with van der Waals surface area (Å²) in [6, 6.07) is 0. The van der Waals surface area contributed by atoms with E-state index < -0.39 is 0 Å². The van der Waals surface area contributed by atoms with Crippen LogP contribution in [0.1, 0.15) is 34.1 Å². The maximum atomic E-state index is 11.6. The predicted molar refractivity (Wildman–Crippen MR) is 70.7 cm³/mol. The molecule has 0 aromatic rings. The lowest BCUT2D eigenvalue weighted by Crippen LogP contribution is -2.70. The van der Waals surface area contributed by atoms with Crippen molar-refractivity contribution in [2.24, 2.45) is 17.6 Å². The highest BCUT2D eigenvalue weighted by Crippen LogP contribution is 2.25. The number of hydrogen-bond acceptors (Lipinski definition) is 3. The number of nitrogens with one attached hydrogen (secondary N) is 1. The SMILES string of the molecule is CC(C)CCNC(=O)CN1CC(N)(C(C)C)C1. The van der Waals surface area contributed by atoms with E-state index in [0.717, 1.165) is 26.1 Å². The Balaban J connectivity index is 2.14. The van der Waals surface area contributed by atoms with Gasteiger partial charge < -0.3 is 11.1 Å². The Labute approximate surface area is 105 Å². The summed E-state index contributed by atoms with van der Waals surface area (Å²) in [4.78, 5) is 13.7. The van der Waals surface area contributed by atoms with E-state index in [-0.39, 0.29) is 11.4 Å². The zero-order valence-electron chi connectivity index (χ0n) is 11.6. The van der Waals surface area contributed by atoms with Gasteiger partial charge in [0.05, 0.1) is 6.54 Å². The summed E-state index contributed by atoms with van der Waals surface area (Å²) in [5.41, 5.74) is 6.09. The summed E-state index contributed by atoms with van der Waals surface area (Å²) in [6.45, 7) is 11.5. The quantitative estimate of drug-likeness (QED) is 0.724. The van der Waals surface area contributed by atoms with E-state index in [1.165, 1.54) is 0 Å². The molecule has 1 aliphatic heterocycles. The summed E-state index contributed by atoms with van der Waals surface area (Å²) < 4.78 is 0. The van der Waals surface area contributed by atoms with Crippen LogP contribution in [0, 0.1) is 11.8 Å². The Morgan fingerprint density at radius 3 is 2.41 bits per heavy atom. The fourth-order valence-electron chi connectivity index (χ4n) is 2.02. The van der Waals surface area contributed by atoms with Crippen molar-refractivity contribution in [3.8, 4) is 0 Å². The van der Waals surface area contributed by atoms with Crippen LogP contribution in [-0.4, -0.2) is 42.5 Å². The van der Waals surface area contributed by atoms with Gasteiger partial charge in [-0.3, -0.25) is 9.69 Å². The summed E-state index contributed by atoms with van der Waals surface area (Å²) in [5, 5.41) is 2.95. The van der Waals surface area contributed by atoms with E-state index in [0.29, 0.717) is 18.4 Å². The molecule has 1 saturated heterocycles. The lowest BCUT2D eigenvalue weighted by molar-refractivity contribution is -0.124. The Bertz CT molecular complexity index is 257. The van der Waals surface area contributed by atoms with Crippen molar-refractivity contribution in [3.63, 3.8) is 0 Å². The van der Waals surface area contributed by atoms with Gasteiger partial charge in [0.15, 0.2) is 0 Å². The smallest absolute Gasteiger partial charge is 0.234 e. The molecule has 1 aliphatic rings. The van der Waals surface area contributed by atoms with Crippen LogP contribution in [0.25, 0.3) is 0 Å². The van der Waals surface area contributed by atoms with E-state index in [1.807, 2.05) is 0 Å². The predicted octanol–water partition coefficient (Wildman–Crippen LogP) is 0.818. The molecule has 0 aromatic carbocycles. The molecule has 1 heterocycles. The van der Waals surface area contributed by atoms with Crippen LogP contribution in [0.15, 0.2) is 0 Å². The molecule has 0 aromatic heterocycles. The zero-order valence-corrected chi connectivity index (χ0v) is 11.6. The molecule has 0 saturated carbocycles. The molecule has 0 radical (unpaired) electrons. The second-order valence-electron chi connectivity index (χ2n) is 6.07. The van der Waals surface area contributed by atoms with E-state index in [9.17, 15) is 4.79 Å². The molecule has 17 heavy (non-hydrogen) atoms. The molecule has 4 nitrogen and oxygen atoms in total. The van der Waals surface area contributed by atoms with Gasteiger partial charge in [-0.15, -0.1) is 0 Å². The molecule has 1 rings (SSSR count). The van der Waals surface area contributed by atoms with E-state index in [1.54, 1.807) is 0 Å². The number of amides is 1. The monoisotopic (exact) mass is 241 g/mol. The Morgan fingerprint density at radius 2 is 1.94 bits per heavy atom. The lowest BCUT2D eigenvalue weighted by atomic mass is 9.80. The average Bonchev–Trinajstić information content (AvgIpc) is 2.14. The highest BCUT2D eigenvalue weighted by atomic mass is 16.2. The molecule has 0 aliphatic carbocycles. The van der Waals surface area contributed by atoms with Gasteiger partial charge in [0, 0.05) is 25.2 Å². The highest BCUT2D eigenvalue weighted by molar-refractivity contribution is 5.78. The largest absolute Gasteiger partial charge is 0.355 e. The first kappa shape index (κ1) is 14.5. The van der Waals surface area contributed by atoms with Gasteiger partial charge in [-0.1, -0.05) is 27.7 Å². The van der Waals surface area contributed by atoms with Gasteiger partial charge in [0.2, 0.25) is 5.91 Å². The number of carbonyl (C=O) groups excluding carboxylic acids is 1. The van der Waals surface area contributed by atoms with Gasteiger partial charge in [-0.2, -0.15) is 0 Å². The van der Waals surface area contributed by atoms with Crippen molar-refractivity contribution in [2.45, 2.75) is 39.7 Å². The van der Waals surface area contributed by atoms with Gasteiger partial charge >= 0.3 is 0 Å². The normalized spacial score (nSPS) is 19.5. The van der Waals surface area contributed by atoms with Gasteiger partial charge in [0.1, 0.15) is 0 Å². The molecular formula is C13H27N3O. The number of nitrogens with zero attached hydrogens (tertiary/aromatic N) is 1. The number of carbonyl (C=O) groups is 1. The molecule has 1 amide bonds. The fraction of sp³-hybridized carbons (Fsp3) is 0.923. The lowest BCUT2D eigenvalue weighted by Gasteiger charge is -2.50. The van der Waals surface area contributed by atoms with Gasteiger partial charge in [-0.05, 0) is 18.3 Å². The van der Waals surface area contributed by atoms with Crippen LogP contribution in [-0.2, 0) is 4.79 Å². The zero-order chi connectivity index (χ0) is 13.1. The van der Waals surface area contributed by atoms with E-state index >= 15 is 0 Å². The van der Waals surface area contributed by atoms with Crippen LogP contribution in [0.3, 0.4) is 0 Å². The molecule has 1 fully saturated rings. The van der Waals surface area contributed by atoms with Crippen molar-refractivity contribution < 1.29 is 4.79 Å². The van der Waals surface area contributed by atoms with Gasteiger partial charge in [0.25, 0.3) is 0 Å². The highest BCUT2D eigenvalue weighted by Gasteiger charge is 2.42. The van der Waals surface area contributed by atoms with Crippen molar-refractivity contribution in [1.82, 2.24) is 10.2 Å². The minimum atomic E-state index is -0.0851. The minimum Gasteiger partial charge on any atom is -0.355 e. The molecule has 4 heteroatoms. The van der Waals surface area contributed by atoms with Crippen molar-refractivity contribution in [1.29, 1.82) is 0 Å². The van der Waals surface area contributed by atoms with Crippen molar-refractivity contribution >= 4 is 5.91 Å². The molecule has 0 atom stereocenters. The topological polar surface area (TPSA) is 58.4 Å². The number of nitrogens with two attached hydrogens (primary N) is 1. The molecule has 0 bridgehead atoms. The third-order valence-corrected chi connectivity index (χ3v) is 3.60. The third-order valence-electron chi connectivity index (χ3n) is 3.60. The van der Waals surface area contributed by atoms with E-state index in [2.05, 4.69) is 37.9 Å². The Kier molecular flexibility index (Phi) is 4.95.